The number of rotatable bonds is 13. The second-order valence-corrected chi connectivity index (χ2v) is 16.7. The third kappa shape index (κ3) is 8.76. The van der Waals surface area contributed by atoms with Crippen molar-refractivity contribution in [1.29, 1.82) is 0 Å². The van der Waals surface area contributed by atoms with Crippen molar-refractivity contribution in [3.8, 4) is 11.5 Å². The van der Waals surface area contributed by atoms with Gasteiger partial charge in [0.15, 0.2) is 17.1 Å². The van der Waals surface area contributed by atoms with Crippen molar-refractivity contribution >= 4 is 94.0 Å². The molecule has 4 rings (SSSR count). The minimum atomic E-state index is -1.01. The average Bonchev–Trinajstić information content (AvgIpc) is 3.03. The second-order valence-electron chi connectivity index (χ2n) is 12.8. The molecule has 1 aliphatic rings. The number of ether oxygens (including phenoxy) is 3. The first-order chi connectivity index (χ1) is 24.0. The number of nitrogens with one attached hydrogen (secondary N) is 3. The van der Waals surface area contributed by atoms with Gasteiger partial charge in [0, 0.05) is 15.6 Å². The first-order valence-corrected chi connectivity index (χ1v) is 19.1. The molecule has 2 heterocycles. The van der Waals surface area contributed by atoms with Crippen LogP contribution in [0, 0.1) is 25.7 Å². The molecule has 1 aromatic heterocycles. The molecule has 2 atom stereocenters. The van der Waals surface area contributed by atoms with E-state index in [0.29, 0.717) is 22.0 Å². The van der Waals surface area contributed by atoms with Gasteiger partial charge in [0.1, 0.15) is 23.3 Å². The lowest BCUT2D eigenvalue weighted by Gasteiger charge is -2.30. The molecule has 3 aromatic rings. The average molecular weight is 901 g/mol. The summed E-state index contributed by atoms with van der Waals surface area (Å²) in [7, 11) is 0. The molecule has 0 unspecified atom stereocenters. The van der Waals surface area contributed by atoms with Crippen molar-refractivity contribution in [1.82, 2.24) is 15.6 Å². The summed E-state index contributed by atoms with van der Waals surface area (Å²) >= 11 is 10.7. The molecule has 0 bridgehead atoms. The topological polar surface area (TPSA) is 175 Å². The number of carbonyl (C=O) groups excluding carboxylic acids is 4. The number of anilines is 2. The first-order valence-electron chi connectivity index (χ1n) is 16.5. The largest absolute Gasteiger partial charge is 0.464 e. The molecule has 0 saturated heterocycles. The van der Waals surface area contributed by atoms with E-state index in [1.807, 2.05) is 27.7 Å². The zero-order valence-electron chi connectivity index (χ0n) is 29.5. The molecule has 1 aliphatic heterocycles. The maximum Gasteiger partial charge on any atom is 0.357 e. The van der Waals surface area contributed by atoms with Gasteiger partial charge in [-0.25, -0.2) is 19.4 Å². The third-order valence-corrected chi connectivity index (χ3v) is 9.53. The van der Waals surface area contributed by atoms with Crippen molar-refractivity contribution in [2.45, 2.75) is 84.1 Å². The highest BCUT2D eigenvalue weighted by molar-refractivity contribution is 9.24. The van der Waals surface area contributed by atoms with Gasteiger partial charge < -0.3 is 34.6 Å². The van der Waals surface area contributed by atoms with E-state index in [1.165, 1.54) is 6.92 Å². The molecule has 51 heavy (non-hydrogen) atoms. The predicted molar refractivity (Wildman–Crippen MR) is 203 cm³/mol. The highest BCUT2D eigenvalue weighted by Gasteiger charge is 2.37. The SMILES string of the molecule is CCOC(=O)[C@@H](CC(C)C)NC(=O)c1cc(Br)c(C(Br)Br)c2c1Nc1c(c(C)c3oc(=O)c(C)nc3c1C(=O)N[C@H](CC(C)C)C(=O)OCC)O2. The van der Waals surface area contributed by atoms with Crippen LogP contribution in [0.15, 0.2) is 19.8 Å². The lowest BCUT2D eigenvalue weighted by Crippen LogP contribution is -2.43. The molecule has 13 nitrogen and oxygen atoms in total. The smallest absolute Gasteiger partial charge is 0.357 e. The van der Waals surface area contributed by atoms with E-state index in [4.69, 9.17) is 18.6 Å². The summed E-state index contributed by atoms with van der Waals surface area (Å²) in [6.07, 6.45) is 0.607. The van der Waals surface area contributed by atoms with Gasteiger partial charge in [-0.3, -0.25) is 9.59 Å². The molecule has 2 amide bonds. The molecule has 0 saturated carbocycles. The number of aromatic nitrogens is 1. The molecule has 0 aliphatic carbocycles. The Labute approximate surface area is 320 Å². The number of esters is 2. The maximum atomic E-state index is 14.4. The van der Waals surface area contributed by atoms with Crippen molar-refractivity contribution in [2.24, 2.45) is 11.8 Å². The van der Waals surface area contributed by atoms with Crippen LogP contribution < -0.4 is 26.3 Å². The molecular weight excluding hydrogens is 860 g/mol. The van der Waals surface area contributed by atoms with E-state index < -0.39 is 45.2 Å². The van der Waals surface area contributed by atoms with Crippen LogP contribution in [0.1, 0.15) is 95.7 Å². The predicted octanol–water partition coefficient (Wildman–Crippen LogP) is 7.62. The fourth-order valence-corrected chi connectivity index (χ4v) is 7.86. The second kappa shape index (κ2) is 16.9. The summed E-state index contributed by atoms with van der Waals surface area (Å²) in [5, 5.41) is 8.87. The van der Waals surface area contributed by atoms with Crippen LogP contribution in [-0.4, -0.2) is 54.0 Å². The Morgan fingerprint density at radius 3 is 1.94 bits per heavy atom. The van der Waals surface area contributed by atoms with Gasteiger partial charge in [-0.15, -0.1) is 0 Å². The quantitative estimate of drug-likeness (QED) is 0.0890. The minimum Gasteiger partial charge on any atom is -0.464 e. The van der Waals surface area contributed by atoms with Crippen LogP contribution in [-0.2, 0) is 19.1 Å². The van der Waals surface area contributed by atoms with E-state index in [2.05, 4.69) is 68.7 Å². The van der Waals surface area contributed by atoms with Gasteiger partial charge in [0.2, 0.25) is 0 Å². The Hall–Kier alpha value is -3.50. The standard InChI is InChI=1S/C35H41Br3N4O9/c1-9-48-34(46)20(11-14(3)4)40-31(43)18-13-19(36)22(30(37)38)29-24(18)42-26-23(32(44)41-21(12-15(5)6)35(47)49-10-2)25-28(16(7)27(26)50-29)51-33(45)17(8)39-25/h13-15,20-21,30,42H,9-12H2,1-8H3,(H,40,43)(H,41,44)/t20-,21-/m1/s1. The Morgan fingerprint density at radius 1 is 0.882 bits per heavy atom. The maximum absolute atomic E-state index is 14.4. The van der Waals surface area contributed by atoms with Gasteiger partial charge >= 0.3 is 17.6 Å². The third-order valence-electron chi connectivity index (χ3n) is 7.96. The van der Waals surface area contributed by atoms with Crippen LogP contribution >= 0.6 is 47.8 Å². The molecule has 16 heteroatoms. The molecule has 0 fully saturated rings. The first kappa shape index (κ1) is 40.3. The van der Waals surface area contributed by atoms with Gasteiger partial charge in [0.25, 0.3) is 11.8 Å². The fourth-order valence-electron chi connectivity index (χ4n) is 5.70. The molecule has 3 N–H and O–H groups in total. The zero-order chi connectivity index (χ0) is 37.9. The number of nitrogens with zero attached hydrogens (tertiary/aromatic N) is 1. The number of carbonyl (C=O) groups is 4. The van der Waals surface area contributed by atoms with Crippen LogP contribution in [0.2, 0.25) is 0 Å². The summed E-state index contributed by atoms with van der Waals surface area (Å²) in [4.78, 5) is 71.4. The van der Waals surface area contributed by atoms with Crippen LogP contribution in [0.4, 0.5) is 11.4 Å². The number of hydrogen-bond acceptors (Lipinski definition) is 11. The number of hydrogen-bond donors (Lipinski definition) is 3. The van der Waals surface area contributed by atoms with Crippen molar-refractivity contribution < 1.29 is 37.8 Å². The summed E-state index contributed by atoms with van der Waals surface area (Å²) in [5.41, 5.74) is 0.534. The Balaban J connectivity index is 1.97. The van der Waals surface area contributed by atoms with Crippen molar-refractivity contribution in [3.63, 3.8) is 0 Å². The monoisotopic (exact) mass is 898 g/mol. The van der Waals surface area contributed by atoms with Gasteiger partial charge in [0.05, 0.1) is 39.5 Å². The zero-order valence-corrected chi connectivity index (χ0v) is 34.3. The van der Waals surface area contributed by atoms with Crippen LogP contribution in [0.25, 0.3) is 11.1 Å². The fraction of sp³-hybridized carbons (Fsp3) is 0.486. The van der Waals surface area contributed by atoms with Crippen LogP contribution in [0.5, 0.6) is 11.5 Å². The minimum absolute atomic E-state index is 0.0000127. The Bertz CT molecular complexity index is 1930. The summed E-state index contributed by atoms with van der Waals surface area (Å²) in [6.45, 7) is 14.4. The van der Waals surface area contributed by atoms with Gasteiger partial charge in [-0.1, -0.05) is 75.5 Å². The summed E-state index contributed by atoms with van der Waals surface area (Å²) in [5.74, 6) is -2.11. The molecule has 276 valence electrons. The van der Waals surface area contributed by atoms with E-state index in [1.54, 1.807) is 26.8 Å². The van der Waals surface area contributed by atoms with Gasteiger partial charge in [-0.2, -0.15) is 0 Å². The lowest BCUT2D eigenvalue weighted by atomic mass is 9.98. The number of aryl methyl sites for hydroxylation is 2. The molecule has 0 radical (unpaired) electrons. The van der Waals surface area contributed by atoms with E-state index in [0.717, 1.165) is 0 Å². The van der Waals surface area contributed by atoms with Crippen molar-refractivity contribution in [2.75, 3.05) is 18.5 Å². The lowest BCUT2D eigenvalue weighted by molar-refractivity contribution is -0.146. The van der Waals surface area contributed by atoms with Crippen molar-refractivity contribution in [3.05, 3.63) is 48.9 Å². The molecular formula is C35H41Br3N4O9. The number of halogens is 3. The Morgan fingerprint density at radius 2 is 1.43 bits per heavy atom. The Kier molecular flexibility index (Phi) is 13.3. The summed E-state index contributed by atoms with van der Waals surface area (Å²) in [6, 6.07) is -0.371. The number of benzene rings is 2. The molecule has 2 aromatic carbocycles. The number of fused-ring (bicyclic) bond motifs is 3. The number of amides is 2. The van der Waals surface area contributed by atoms with E-state index in [-0.39, 0.29) is 82.3 Å². The normalized spacial score (nSPS) is 13.2. The highest BCUT2D eigenvalue weighted by atomic mass is 79.9. The van der Waals surface area contributed by atoms with Gasteiger partial charge in [-0.05, 0) is 58.4 Å². The van der Waals surface area contributed by atoms with E-state index >= 15 is 0 Å². The summed E-state index contributed by atoms with van der Waals surface area (Å²) < 4.78 is 22.7. The number of alkyl halides is 2. The highest BCUT2D eigenvalue weighted by Crippen LogP contribution is 2.55. The van der Waals surface area contributed by atoms with Crippen LogP contribution in [0.3, 0.4) is 0 Å². The molecule has 0 spiro atoms. The van der Waals surface area contributed by atoms with E-state index in [9.17, 15) is 24.0 Å².